The molecule has 0 aliphatic carbocycles. The fourth-order valence-corrected chi connectivity index (χ4v) is 0.863. The molecule has 0 aromatic carbocycles. The average Bonchev–Trinajstić information content (AvgIpc) is 1.88. The lowest BCUT2D eigenvalue weighted by Crippen LogP contribution is -2.16. The van der Waals surface area contributed by atoms with Crippen LogP contribution in [0.2, 0.25) is 0 Å². The Morgan fingerprint density at radius 3 is 2.44 bits per heavy atom. The summed E-state index contributed by atoms with van der Waals surface area (Å²) in [6, 6.07) is 0. The van der Waals surface area contributed by atoms with E-state index in [1.165, 1.54) is 6.42 Å². The molecule has 9 heavy (non-hydrogen) atoms. The van der Waals surface area contributed by atoms with Gasteiger partial charge < -0.3 is 10.5 Å². The van der Waals surface area contributed by atoms with Gasteiger partial charge in [0.15, 0.2) is 0 Å². The molecule has 0 aromatic heterocycles. The molecular weight excluding hydrogens is 114 g/mol. The van der Waals surface area contributed by atoms with Crippen LogP contribution < -0.4 is 5.73 Å². The first-order valence-corrected chi connectivity index (χ1v) is 3.66. The van der Waals surface area contributed by atoms with Gasteiger partial charge in [0, 0.05) is 0 Å². The summed E-state index contributed by atoms with van der Waals surface area (Å²) in [5.74, 6) is 0. The Balaban J connectivity index is 3.18. The largest absolute Gasteiger partial charge is 0.363 e. The summed E-state index contributed by atoms with van der Waals surface area (Å²) < 4.78 is 5.21. The summed E-state index contributed by atoms with van der Waals surface area (Å²) in [5.41, 5.74) is 5.21. The molecule has 2 N–H and O–H groups in total. The number of hydrogen-bond acceptors (Lipinski definition) is 2. The first-order chi connectivity index (χ1) is 4.35. The molecule has 0 radical (unpaired) electrons. The van der Waals surface area contributed by atoms with Crippen LogP contribution in [0.25, 0.3) is 0 Å². The van der Waals surface area contributed by atoms with Crippen molar-refractivity contribution in [3.63, 3.8) is 0 Å². The fourth-order valence-electron chi connectivity index (χ4n) is 0.863. The van der Waals surface area contributed by atoms with Gasteiger partial charge in [-0.3, -0.25) is 0 Å². The van der Waals surface area contributed by atoms with Gasteiger partial charge in [0.05, 0.1) is 12.8 Å². The molecule has 0 bridgehead atoms. The van der Waals surface area contributed by atoms with Crippen molar-refractivity contribution in [2.45, 2.75) is 39.2 Å². The second-order valence-electron chi connectivity index (χ2n) is 2.15. The third-order valence-corrected chi connectivity index (χ3v) is 1.40. The lowest BCUT2D eigenvalue weighted by Gasteiger charge is -2.12. The molecule has 0 saturated carbocycles. The van der Waals surface area contributed by atoms with Crippen LogP contribution in [0.3, 0.4) is 0 Å². The van der Waals surface area contributed by atoms with Gasteiger partial charge in [0.2, 0.25) is 0 Å². The van der Waals surface area contributed by atoms with Crippen LogP contribution in [0.4, 0.5) is 0 Å². The molecule has 0 rings (SSSR count). The van der Waals surface area contributed by atoms with Gasteiger partial charge in [-0.15, -0.1) is 0 Å². The minimum Gasteiger partial charge on any atom is -0.363 e. The highest BCUT2D eigenvalue weighted by molar-refractivity contribution is 4.52. The van der Waals surface area contributed by atoms with E-state index in [1.54, 1.807) is 0 Å². The van der Waals surface area contributed by atoms with E-state index in [2.05, 4.69) is 13.8 Å². The van der Waals surface area contributed by atoms with E-state index in [0.29, 0.717) is 12.8 Å². The van der Waals surface area contributed by atoms with E-state index >= 15 is 0 Å². The highest BCUT2D eigenvalue weighted by Crippen LogP contribution is 2.04. The number of nitrogens with two attached hydrogens (primary N) is 1. The maximum absolute atomic E-state index is 5.21. The maximum atomic E-state index is 5.21. The second-order valence-corrected chi connectivity index (χ2v) is 2.15. The number of rotatable bonds is 5. The minimum atomic E-state index is 0.360. The molecule has 0 fully saturated rings. The van der Waals surface area contributed by atoms with E-state index in [0.717, 1.165) is 12.8 Å². The van der Waals surface area contributed by atoms with Gasteiger partial charge in [0.25, 0.3) is 0 Å². The van der Waals surface area contributed by atoms with Gasteiger partial charge in [-0.05, 0) is 12.8 Å². The Kier molecular flexibility index (Phi) is 5.99. The molecule has 56 valence electrons. The zero-order valence-electron chi connectivity index (χ0n) is 6.39. The third-order valence-electron chi connectivity index (χ3n) is 1.40. The van der Waals surface area contributed by atoms with Crippen LogP contribution in [0.15, 0.2) is 0 Å². The predicted octanol–water partition coefficient (Wildman–Crippen LogP) is 1.50. The van der Waals surface area contributed by atoms with Crippen molar-refractivity contribution in [1.82, 2.24) is 0 Å². The molecular formula is C7H17NO. The first kappa shape index (κ1) is 8.92. The molecule has 0 saturated heterocycles. The monoisotopic (exact) mass is 131 g/mol. The van der Waals surface area contributed by atoms with Crippen LogP contribution in [0, 0.1) is 0 Å². The lowest BCUT2D eigenvalue weighted by atomic mass is 10.2. The molecule has 1 atom stereocenters. The smallest absolute Gasteiger partial charge is 0.0944 e. The average molecular weight is 131 g/mol. The van der Waals surface area contributed by atoms with Crippen LogP contribution >= 0.6 is 0 Å². The SMILES string of the molecule is CCCC(CC)OCN. The Morgan fingerprint density at radius 1 is 1.44 bits per heavy atom. The summed E-state index contributed by atoms with van der Waals surface area (Å²) in [7, 11) is 0. The zero-order valence-corrected chi connectivity index (χ0v) is 6.39. The van der Waals surface area contributed by atoms with E-state index in [9.17, 15) is 0 Å². The molecule has 0 spiro atoms. The Bertz CT molecular complexity index is 50.9. The maximum Gasteiger partial charge on any atom is 0.0944 e. The third kappa shape index (κ3) is 4.43. The fraction of sp³-hybridized carbons (Fsp3) is 1.00. The van der Waals surface area contributed by atoms with Gasteiger partial charge in [-0.2, -0.15) is 0 Å². The van der Waals surface area contributed by atoms with Crippen LogP contribution in [-0.4, -0.2) is 12.8 Å². The standard InChI is InChI=1S/C7H17NO/c1-3-5-7(4-2)9-6-8/h7H,3-6,8H2,1-2H3. The second kappa shape index (κ2) is 6.05. The molecule has 2 nitrogen and oxygen atoms in total. The van der Waals surface area contributed by atoms with Crippen LogP contribution in [-0.2, 0) is 4.74 Å². The van der Waals surface area contributed by atoms with Gasteiger partial charge in [-0.1, -0.05) is 20.3 Å². The summed E-state index contributed by atoms with van der Waals surface area (Å²) >= 11 is 0. The molecule has 0 aliphatic rings. The first-order valence-electron chi connectivity index (χ1n) is 3.66. The quantitative estimate of drug-likeness (QED) is 0.574. The van der Waals surface area contributed by atoms with E-state index in [-0.39, 0.29) is 0 Å². The summed E-state index contributed by atoms with van der Waals surface area (Å²) in [6.45, 7) is 4.64. The molecule has 0 amide bonds. The van der Waals surface area contributed by atoms with Crippen LogP contribution in [0.1, 0.15) is 33.1 Å². The van der Waals surface area contributed by atoms with E-state index in [1.807, 2.05) is 0 Å². The van der Waals surface area contributed by atoms with E-state index in [4.69, 9.17) is 10.5 Å². The van der Waals surface area contributed by atoms with Crippen molar-refractivity contribution in [3.05, 3.63) is 0 Å². The predicted molar refractivity (Wildman–Crippen MR) is 39.1 cm³/mol. The summed E-state index contributed by atoms with van der Waals surface area (Å²) in [5, 5.41) is 0. The molecule has 1 unspecified atom stereocenters. The van der Waals surface area contributed by atoms with Crippen molar-refractivity contribution in [3.8, 4) is 0 Å². The van der Waals surface area contributed by atoms with Crippen molar-refractivity contribution in [2.24, 2.45) is 5.73 Å². The van der Waals surface area contributed by atoms with Gasteiger partial charge in [-0.25, -0.2) is 0 Å². The molecule has 0 aromatic rings. The number of ether oxygens (including phenoxy) is 1. The number of hydrogen-bond donors (Lipinski definition) is 1. The Hall–Kier alpha value is -0.0800. The zero-order chi connectivity index (χ0) is 7.11. The molecule has 2 heteroatoms. The minimum absolute atomic E-state index is 0.360. The topological polar surface area (TPSA) is 35.2 Å². The highest BCUT2D eigenvalue weighted by atomic mass is 16.5. The van der Waals surface area contributed by atoms with Crippen molar-refractivity contribution < 1.29 is 4.74 Å². The lowest BCUT2D eigenvalue weighted by molar-refractivity contribution is 0.0490. The van der Waals surface area contributed by atoms with Crippen LogP contribution in [0.5, 0.6) is 0 Å². The Labute approximate surface area is 57.4 Å². The van der Waals surface area contributed by atoms with Crippen molar-refractivity contribution in [2.75, 3.05) is 6.73 Å². The van der Waals surface area contributed by atoms with Gasteiger partial charge >= 0.3 is 0 Å². The Morgan fingerprint density at radius 2 is 2.11 bits per heavy atom. The molecule has 0 aliphatic heterocycles. The van der Waals surface area contributed by atoms with Crippen molar-refractivity contribution >= 4 is 0 Å². The van der Waals surface area contributed by atoms with Crippen molar-refractivity contribution in [1.29, 1.82) is 0 Å². The normalized spacial score (nSPS) is 13.7. The van der Waals surface area contributed by atoms with Gasteiger partial charge in [0.1, 0.15) is 0 Å². The van der Waals surface area contributed by atoms with E-state index < -0.39 is 0 Å². The molecule has 0 heterocycles. The summed E-state index contributed by atoms with van der Waals surface area (Å²) in [6.07, 6.45) is 3.78. The summed E-state index contributed by atoms with van der Waals surface area (Å²) in [4.78, 5) is 0. The highest BCUT2D eigenvalue weighted by Gasteiger charge is 2.01.